The zero-order valence-corrected chi connectivity index (χ0v) is 48.6. The minimum atomic E-state index is -0.377. The molecule has 0 saturated carbocycles. The van der Waals surface area contributed by atoms with E-state index in [1.54, 1.807) is 28.4 Å². The van der Waals surface area contributed by atoms with Gasteiger partial charge in [0.2, 0.25) is 0 Å². The molecule has 5 rings (SSSR count). The molecule has 0 amide bonds. The lowest BCUT2D eigenvalue weighted by Crippen LogP contribution is -2.18. The van der Waals surface area contributed by atoms with Gasteiger partial charge in [-0.05, 0) is 77.6 Å². The molecule has 4 unspecified atom stereocenters. The number of methoxy groups -OCH3 is 4. The van der Waals surface area contributed by atoms with E-state index in [-0.39, 0.29) is 50.1 Å². The van der Waals surface area contributed by atoms with Crippen LogP contribution in [-0.2, 0) is 26.4 Å². The molecule has 0 aromatic heterocycles. The van der Waals surface area contributed by atoms with E-state index < -0.39 is 0 Å². The molecule has 0 radical (unpaired) electrons. The monoisotopic (exact) mass is 1060 g/mol. The number of hydrogen-bond donors (Lipinski definition) is 4. The molecule has 0 saturated heterocycles. The fraction of sp³-hybridized carbons (Fsp3) is 0.625. The number of benzene rings is 4. The van der Waals surface area contributed by atoms with Gasteiger partial charge in [0.05, 0.1) is 104 Å². The molecule has 1 aliphatic rings. The average molecular weight is 1060 g/mol. The summed E-state index contributed by atoms with van der Waals surface area (Å²) in [7, 11) is 6.65. The van der Waals surface area contributed by atoms with Crippen molar-refractivity contribution in [3.63, 3.8) is 0 Å². The molecule has 76 heavy (non-hydrogen) atoms. The van der Waals surface area contributed by atoms with Crippen molar-refractivity contribution >= 4 is 0 Å². The highest BCUT2D eigenvalue weighted by atomic mass is 16.5. The highest BCUT2D eigenvalue weighted by Crippen LogP contribution is 2.57. The number of fused-ring (bicyclic) bond motifs is 8. The van der Waals surface area contributed by atoms with Crippen molar-refractivity contribution in [1.29, 1.82) is 0 Å². The molecular formula is C64H96O12. The first kappa shape index (κ1) is 62.0. The van der Waals surface area contributed by atoms with Crippen molar-refractivity contribution in [2.45, 2.75) is 208 Å². The predicted octanol–water partition coefficient (Wildman–Crippen LogP) is 14.4. The maximum Gasteiger partial charge on any atom is 0.132 e. The van der Waals surface area contributed by atoms with E-state index >= 15 is 0 Å². The Labute approximate surface area is 456 Å². The van der Waals surface area contributed by atoms with Gasteiger partial charge in [-0.25, -0.2) is 0 Å². The van der Waals surface area contributed by atoms with Crippen LogP contribution in [0.1, 0.15) is 249 Å². The van der Waals surface area contributed by atoms with E-state index in [1.165, 1.54) is 0 Å². The molecule has 424 valence electrons. The minimum Gasteiger partial charge on any atom is -0.496 e. The summed E-state index contributed by atoms with van der Waals surface area (Å²) in [6, 6.07) is 8.99. The van der Waals surface area contributed by atoms with Gasteiger partial charge in [-0.2, -0.15) is 0 Å². The smallest absolute Gasteiger partial charge is 0.132 e. The maximum atomic E-state index is 11.8. The Morgan fingerprint density at radius 3 is 0.618 bits per heavy atom. The van der Waals surface area contributed by atoms with Gasteiger partial charge in [0, 0.05) is 68.2 Å². The third-order valence-electron chi connectivity index (χ3n) is 15.5. The van der Waals surface area contributed by atoms with Crippen molar-refractivity contribution in [3.8, 4) is 46.0 Å². The van der Waals surface area contributed by atoms with Gasteiger partial charge in [0.15, 0.2) is 0 Å². The Kier molecular flexibility index (Phi) is 25.7. The molecule has 4 aromatic rings. The summed E-state index contributed by atoms with van der Waals surface area (Å²) in [5, 5.41) is 47.1. The van der Waals surface area contributed by atoms with E-state index in [4.69, 9.17) is 37.9 Å². The summed E-state index contributed by atoms with van der Waals surface area (Å²) in [6.45, 7) is 16.6. The molecule has 4 N–H and O–H groups in total. The Morgan fingerprint density at radius 2 is 0.474 bits per heavy atom. The fourth-order valence-electron chi connectivity index (χ4n) is 12.2. The zero-order valence-electron chi connectivity index (χ0n) is 48.6. The van der Waals surface area contributed by atoms with Gasteiger partial charge in [-0.15, -0.1) is 0 Å². The maximum absolute atomic E-state index is 11.8. The van der Waals surface area contributed by atoms with Crippen molar-refractivity contribution in [2.75, 3.05) is 54.9 Å². The topological polar surface area (TPSA) is 155 Å². The number of hydrogen-bond acceptors (Lipinski definition) is 12. The Hall–Kier alpha value is -4.88. The number of aliphatic hydroxyl groups excluding tert-OH is 4. The first-order valence-electron chi connectivity index (χ1n) is 29.0. The van der Waals surface area contributed by atoms with Crippen molar-refractivity contribution < 1.29 is 58.3 Å². The Bertz CT molecular complexity index is 2090. The van der Waals surface area contributed by atoms with Gasteiger partial charge < -0.3 is 58.3 Å². The van der Waals surface area contributed by atoms with Crippen LogP contribution >= 0.6 is 0 Å². The molecular weight excluding hydrogens is 961 g/mol. The fourth-order valence-corrected chi connectivity index (χ4v) is 12.2. The van der Waals surface area contributed by atoms with Crippen LogP contribution in [0.4, 0.5) is 0 Å². The Morgan fingerprint density at radius 1 is 0.289 bits per heavy atom. The van der Waals surface area contributed by atoms with Crippen LogP contribution in [-0.4, -0.2) is 75.3 Å². The Balaban J connectivity index is 2.29. The van der Waals surface area contributed by atoms with E-state index in [9.17, 15) is 20.4 Å². The summed E-state index contributed by atoms with van der Waals surface area (Å²) in [5.41, 5.74) is 9.17. The predicted molar refractivity (Wildman–Crippen MR) is 304 cm³/mol. The third kappa shape index (κ3) is 13.3. The van der Waals surface area contributed by atoms with Crippen LogP contribution in [0.3, 0.4) is 0 Å². The van der Waals surface area contributed by atoms with Gasteiger partial charge in [0.1, 0.15) is 46.0 Å². The van der Waals surface area contributed by atoms with Gasteiger partial charge in [-0.1, -0.05) is 105 Å². The standard InChI is InChI=1S/C64H96O12/c1-13-21-25-29-41-45-33-50(62(74-18-6)53(37-65)57(45)69-9)43(31-27-23-15-3)47-35-52(64(76-20-8)55(39-67)59(47)71-11)44(32-28-24-16-4)48-36-51(63(75-19-7)56(40-68)60(48)72-12)42(30-26-22-14-2)46-34-49(41)61(73-17-5)54(38-66)58(46)70-10/h33-36,41-44,65-68H,13-32,37-40H2,1-12H3. The van der Waals surface area contributed by atoms with Crippen LogP contribution in [0.25, 0.3) is 0 Å². The quantitative estimate of drug-likeness (QED) is 0.0344. The lowest BCUT2D eigenvalue weighted by Gasteiger charge is -2.34. The average Bonchev–Trinajstić information content (AvgIpc) is 3.43. The largest absolute Gasteiger partial charge is 0.496 e. The highest BCUT2D eigenvalue weighted by molar-refractivity contribution is 5.69. The molecule has 1 aliphatic carbocycles. The second kappa shape index (κ2) is 31.5. The van der Waals surface area contributed by atoms with E-state index in [1.807, 2.05) is 27.7 Å². The van der Waals surface area contributed by atoms with Gasteiger partial charge >= 0.3 is 0 Å². The second-order valence-electron chi connectivity index (χ2n) is 20.1. The van der Waals surface area contributed by atoms with Crippen LogP contribution in [0.15, 0.2) is 24.3 Å². The van der Waals surface area contributed by atoms with E-state index in [0.29, 0.717) is 120 Å². The van der Waals surface area contributed by atoms with Gasteiger partial charge in [-0.3, -0.25) is 0 Å². The molecule has 4 atom stereocenters. The summed E-state index contributed by atoms with van der Waals surface area (Å²) in [6.07, 6.45) is 14.1. The molecule has 8 bridgehead atoms. The van der Waals surface area contributed by atoms with Crippen molar-refractivity contribution in [3.05, 3.63) is 91.0 Å². The molecule has 0 spiro atoms. The van der Waals surface area contributed by atoms with Crippen LogP contribution in [0.5, 0.6) is 46.0 Å². The molecule has 0 fully saturated rings. The lowest BCUT2D eigenvalue weighted by molar-refractivity contribution is 0.254. The van der Waals surface area contributed by atoms with Crippen molar-refractivity contribution in [1.82, 2.24) is 0 Å². The molecule has 0 heterocycles. The number of rotatable bonds is 32. The van der Waals surface area contributed by atoms with Gasteiger partial charge in [0.25, 0.3) is 0 Å². The summed E-state index contributed by atoms with van der Waals surface area (Å²) >= 11 is 0. The summed E-state index contributed by atoms with van der Waals surface area (Å²) in [4.78, 5) is 0. The lowest BCUT2D eigenvalue weighted by atomic mass is 9.74. The number of aliphatic hydroxyl groups is 4. The highest BCUT2D eigenvalue weighted by Gasteiger charge is 2.39. The SMILES string of the molecule is CCCCCC1c2cc(c(OCC)c(CO)c2OC)C(CCCCC)c2cc(c(OCC)c(CO)c2OC)C(CCCCC)c2cc(c(OCC)c(CO)c2OC)C(CCCCC)c2cc1c(OCC)c(CO)c2OC. The molecule has 4 aromatic carbocycles. The minimum absolute atomic E-state index is 0.333. The van der Waals surface area contributed by atoms with Crippen LogP contribution in [0.2, 0.25) is 0 Å². The normalized spacial score (nSPS) is 16.1. The van der Waals surface area contributed by atoms with Crippen molar-refractivity contribution in [2.24, 2.45) is 0 Å². The van der Waals surface area contributed by atoms with Crippen LogP contribution < -0.4 is 37.9 Å². The zero-order chi connectivity index (χ0) is 55.3. The van der Waals surface area contributed by atoms with Crippen LogP contribution in [0, 0.1) is 0 Å². The number of unbranched alkanes of at least 4 members (excludes halogenated alkanes) is 8. The second-order valence-corrected chi connectivity index (χ2v) is 20.1. The molecule has 12 nitrogen and oxygen atoms in total. The first-order valence-corrected chi connectivity index (χ1v) is 29.0. The van der Waals surface area contributed by atoms with E-state index in [2.05, 4.69) is 52.0 Å². The summed E-state index contributed by atoms with van der Waals surface area (Å²) < 4.78 is 53.3. The number of ether oxygens (including phenoxy) is 8. The molecule has 12 heteroatoms. The van der Waals surface area contributed by atoms with E-state index in [0.717, 1.165) is 122 Å². The first-order chi connectivity index (χ1) is 37.1. The third-order valence-corrected chi connectivity index (χ3v) is 15.5. The summed E-state index contributed by atoms with van der Waals surface area (Å²) in [5.74, 6) is 2.85. The molecule has 0 aliphatic heterocycles.